The predicted octanol–water partition coefficient (Wildman–Crippen LogP) is 3.78. The highest BCUT2D eigenvalue weighted by atomic mass is 16.5. The maximum Gasteiger partial charge on any atom is 0.258 e. The average Bonchev–Trinajstić information content (AvgIpc) is 2.89. The van der Waals surface area contributed by atoms with Crippen molar-refractivity contribution in [3.63, 3.8) is 0 Å². The summed E-state index contributed by atoms with van der Waals surface area (Å²) in [6, 6.07) is 23.2. The van der Waals surface area contributed by atoms with Gasteiger partial charge < -0.3 is 25.6 Å². The zero-order valence-electron chi connectivity index (χ0n) is 19.9. The molecule has 0 aromatic heterocycles. The van der Waals surface area contributed by atoms with E-state index in [9.17, 15) is 14.4 Å². The molecule has 0 spiro atoms. The number of carbonyl (C=O) groups is 3. The molecule has 35 heavy (non-hydrogen) atoms. The zero-order valence-corrected chi connectivity index (χ0v) is 19.9. The van der Waals surface area contributed by atoms with Crippen molar-refractivity contribution in [3.05, 3.63) is 90.0 Å². The van der Waals surface area contributed by atoms with E-state index >= 15 is 0 Å². The van der Waals surface area contributed by atoms with Crippen LogP contribution in [0.5, 0.6) is 0 Å². The molecule has 0 aliphatic carbocycles. The zero-order chi connectivity index (χ0) is 25.0. The van der Waals surface area contributed by atoms with E-state index in [1.165, 1.54) is 0 Å². The summed E-state index contributed by atoms with van der Waals surface area (Å²) in [6.07, 6.45) is 0. The van der Waals surface area contributed by atoms with Crippen molar-refractivity contribution in [1.29, 1.82) is 0 Å². The summed E-state index contributed by atoms with van der Waals surface area (Å²) in [5.74, 6) is -0.639. The maximum atomic E-state index is 13.1. The van der Waals surface area contributed by atoms with Crippen LogP contribution in [0.15, 0.2) is 78.9 Å². The third-order valence-corrected chi connectivity index (χ3v) is 5.19. The van der Waals surface area contributed by atoms with E-state index in [-0.39, 0.29) is 24.3 Å². The molecule has 0 aliphatic heterocycles. The topological polar surface area (TPSA) is 99.8 Å². The van der Waals surface area contributed by atoms with Crippen LogP contribution in [-0.2, 0) is 9.53 Å². The number of nitrogens with one attached hydrogen (secondary N) is 3. The molecule has 3 aromatic carbocycles. The monoisotopic (exact) mass is 474 g/mol. The van der Waals surface area contributed by atoms with Crippen LogP contribution in [0.1, 0.15) is 27.6 Å². The summed E-state index contributed by atoms with van der Waals surface area (Å²) < 4.78 is 4.93. The number of carbonyl (C=O) groups excluding carboxylic acids is 3. The predicted molar refractivity (Wildman–Crippen MR) is 138 cm³/mol. The minimum Gasteiger partial charge on any atom is -0.383 e. The molecule has 3 rings (SSSR count). The molecule has 3 amide bonds. The van der Waals surface area contributed by atoms with Gasteiger partial charge in [-0.15, -0.1) is 0 Å². The molecule has 8 heteroatoms. The van der Waals surface area contributed by atoms with Crippen molar-refractivity contribution in [1.82, 2.24) is 5.32 Å². The van der Waals surface area contributed by atoms with Crippen molar-refractivity contribution in [3.8, 4) is 0 Å². The van der Waals surface area contributed by atoms with Gasteiger partial charge in [-0.2, -0.15) is 0 Å². The number of para-hydroxylation sites is 1. The lowest BCUT2D eigenvalue weighted by Crippen LogP contribution is -2.30. The Bertz CT molecular complexity index is 1150. The molecule has 3 N–H and O–H groups in total. The summed E-state index contributed by atoms with van der Waals surface area (Å²) in [7, 11) is 1.56. The van der Waals surface area contributed by atoms with Crippen molar-refractivity contribution in [2.45, 2.75) is 6.92 Å². The second kappa shape index (κ2) is 12.9. The number of hydrogen-bond acceptors (Lipinski definition) is 5. The van der Waals surface area contributed by atoms with Crippen LogP contribution in [0.2, 0.25) is 0 Å². The Morgan fingerprint density at radius 3 is 2.26 bits per heavy atom. The van der Waals surface area contributed by atoms with E-state index < -0.39 is 0 Å². The van der Waals surface area contributed by atoms with Crippen molar-refractivity contribution in [2.24, 2.45) is 0 Å². The smallest absolute Gasteiger partial charge is 0.258 e. The number of hydrogen-bond donors (Lipinski definition) is 3. The molecule has 0 fully saturated rings. The largest absolute Gasteiger partial charge is 0.383 e. The molecule has 0 atom stereocenters. The summed E-state index contributed by atoms with van der Waals surface area (Å²) in [4.78, 5) is 39.4. The average molecular weight is 475 g/mol. The Kier molecular flexibility index (Phi) is 9.39. The van der Waals surface area contributed by atoms with Crippen LogP contribution in [0, 0.1) is 0 Å². The van der Waals surface area contributed by atoms with Gasteiger partial charge in [-0.3, -0.25) is 14.4 Å². The molecule has 0 heterocycles. The lowest BCUT2D eigenvalue weighted by Gasteiger charge is -2.21. The summed E-state index contributed by atoms with van der Waals surface area (Å²) >= 11 is 0. The highest BCUT2D eigenvalue weighted by Crippen LogP contribution is 2.19. The second-order valence-electron chi connectivity index (χ2n) is 7.70. The van der Waals surface area contributed by atoms with Crippen molar-refractivity contribution in [2.75, 3.05) is 48.9 Å². The van der Waals surface area contributed by atoms with Gasteiger partial charge in [-0.25, -0.2) is 0 Å². The standard InChI is InChI=1S/C27H30N4O4/c1-3-31(24-13-5-4-6-14-24)27(34)21-10-8-11-22(18-21)29-19-25(32)30-23-12-7-9-20(17-23)26(33)28-15-16-35-2/h4-14,17-18,29H,3,15-16,19H2,1-2H3,(H,28,33)(H,30,32). The van der Waals surface area contributed by atoms with Gasteiger partial charge in [0.05, 0.1) is 13.2 Å². The first kappa shape index (κ1) is 25.5. The molecule has 0 saturated heterocycles. The number of ether oxygens (including phenoxy) is 1. The fourth-order valence-corrected chi connectivity index (χ4v) is 3.46. The first-order chi connectivity index (χ1) is 17.0. The van der Waals surface area contributed by atoms with E-state index in [2.05, 4.69) is 16.0 Å². The van der Waals surface area contributed by atoms with Crippen LogP contribution in [0.4, 0.5) is 17.1 Å². The van der Waals surface area contributed by atoms with Crippen molar-refractivity contribution < 1.29 is 19.1 Å². The van der Waals surface area contributed by atoms with Gasteiger partial charge >= 0.3 is 0 Å². The number of methoxy groups -OCH3 is 1. The normalized spacial score (nSPS) is 10.3. The number of nitrogens with zero attached hydrogens (tertiary/aromatic N) is 1. The first-order valence-corrected chi connectivity index (χ1v) is 11.4. The van der Waals surface area contributed by atoms with E-state index in [0.717, 1.165) is 5.69 Å². The van der Waals surface area contributed by atoms with Gasteiger partial charge in [0.15, 0.2) is 0 Å². The fourth-order valence-electron chi connectivity index (χ4n) is 3.46. The van der Waals surface area contributed by atoms with Gasteiger partial charge in [-0.05, 0) is 55.5 Å². The Balaban J connectivity index is 1.58. The highest BCUT2D eigenvalue weighted by molar-refractivity contribution is 6.06. The SMILES string of the molecule is CCN(C(=O)c1cccc(NCC(=O)Nc2cccc(C(=O)NCCOC)c2)c1)c1ccccc1. The summed E-state index contributed by atoms with van der Waals surface area (Å²) in [5, 5.41) is 8.58. The molecule has 0 radical (unpaired) electrons. The van der Waals surface area contributed by atoms with E-state index in [1.54, 1.807) is 60.5 Å². The quantitative estimate of drug-likeness (QED) is 0.367. The molecule has 182 valence electrons. The molecular weight excluding hydrogens is 444 g/mol. The Morgan fingerprint density at radius 1 is 0.857 bits per heavy atom. The third kappa shape index (κ3) is 7.41. The van der Waals surface area contributed by atoms with Gasteiger partial charge in [0, 0.05) is 48.4 Å². The Labute approximate surface area is 205 Å². The van der Waals surface area contributed by atoms with E-state index in [1.807, 2.05) is 37.3 Å². The molecular formula is C27H30N4O4. The number of rotatable bonds is 11. The van der Waals surface area contributed by atoms with Crippen LogP contribution in [-0.4, -0.2) is 51.1 Å². The third-order valence-electron chi connectivity index (χ3n) is 5.19. The molecule has 0 bridgehead atoms. The Morgan fingerprint density at radius 2 is 1.54 bits per heavy atom. The van der Waals surface area contributed by atoms with Gasteiger partial charge in [0.25, 0.3) is 11.8 Å². The van der Waals surface area contributed by atoms with Gasteiger partial charge in [0.2, 0.25) is 5.91 Å². The van der Waals surface area contributed by atoms with E-state index in [4.69, 9.17) is 4.74 Å². The van der Waals surface area contributed by atoms with Crippen LogP contribution in [0.3, 0.4) is 0 Å². The van der Waals surface area contributed by atoms with Crippen LogP contribution in [0.25, 0.3) is 0 Å². The number of amides is 3. The van der Waals surface area contributed by atoms with Gasteiger partial charge in [0.1, 0.15) is 0 Å². The molecule has 0 unspecified atom stereocenters. The number of anilines is 3. The second-order valence-corrected chi connectivity index (χ2v) is 7.70. The minimum absolute atomic E-state index is 0.00190. The Hall–Kier alpha value is -4.17. The maximum absolute atomic E-state index is 13.1. The lowest BCUT2D eigenvalue weighted by molar-refractivity contribution is -0.114. The summed E-state index contributed by atoms with van der Waals surface area (Å²) in [5.41, 5.74) is 2.96. The lowest BCUT2D eigenvalue weighted by atomic mass is 10.1. The van der Waals surface area contributed by atoms with E-state index in [0.29, 0.717) is 42.2 Å². The number of benzene rings is 3. The van der Waals surface area contributed by atoms with Gasteiger partial charge in [-0.1, -0.05) is 30.3 Å². The molecule has 0 saturated carbocycles. The van der Waals surface area contributed by atoms with Crippen molar-refractivity contribution >= 4 is 34.8 Å². The summed E-state index contributed by atoms with van der Waals surface area (Å²) in [6.45, 7) is 3.28. The van der Waals surface area contributed by atoms with Crippen LogP contribution < -0.4 is 20.9 Å². The molecule has 3 aromatic rings. The minimum atomic E-state index is -0.279. The molecule has 8 nitrogen and oxygen atoms in total. The molecule has 0 aliphatic rings. The fraction of sp³-hybridized carbons (Fsp3) is 0.222. The van der Waals surface area contributed by atoms with Crippen LogP contribution >= 0.6 is 0 Å². The first-order valence-electron chi connectivity index (χ1n) is 11.4. The highest BCUT2D eigenvalue weighted by Gasteiger charge is 2.16.